The molecule has 26 heavy (non-hydrogen) atoms. The molecule has 6 nitrogen and oxygen atoms in total. The minimum Gasteiger partial charge on any atom is -0.496 e. The molecule has 1 aromatic rings. The molecule has 0 saturated carbocycles. The van der Waals surface area contributed by atoms with Crippen molar-refractivity contribution >= 4 is 5.91 Å². The number of rotatable bonds is 13. The number of unbranched alkanes of at least 4 members (excludes halogenated alkanes) is 1. The van der Waals surface area contributed by atoms with Crippen LogP contribution in [0, 0.1) is 11.3 Å². The van der Waals surface area contributed by atoms with Crippen LogP contribution in [0.2, 0.25) is 0 Å². The SMILES string of the molecule is CCCCOCCCNC(=O)/C(C#N)=C\NCCc1ccccc1OC. The van der Waals surface area contributed by atoms with E-state index in [0.29, 0.717) is 19.7 Å². The van der Waals surface area contributed by atoms with Crippen LogP contribution in [0.1, 0.15) is 31.7 Å². The second kappa shape index (κ2) is 13.7. The zero-order chi connectivity index (χ0) is 19.0. The molecule has 0 aliphatic heterocycles. The van der Waals surface area contributed by atoms with Crippen LogP contribution in [0.3, 0.4) is 0 Å². The normalized spacial score (nSPS) is 10.9. The highest BCUT2D eigenvalue weighted by Gasteiger charge is 2.07. The van der Waals surface area contributed by atoms with Crippen LogP contribution in [0.15, 0.2) is 36.0 Å². The number of hydrogen-bond donors (Lipinski definition) is 2. The van der Waals surface area contributed by atoms with Crippen molar-refractivity contribution in [2.45, 2.75) is 32.6 Å². The van der Waals surface area contributed by atoms with Crippen LogP contribution in [0.25, 0.3) is 0 Å². The number of carbonyl (C=O) groups is 1. The Morgan fingerprint density at radius 1 is 1.23 bits per heavy atom. The third-order valence-electron chi connectivity index (χ3n) is 3.74. The van der Waals surface area contributed by atoms with Crippen molar-refractivity contribution in [2.24, 2.45) is 0 Å². The molecule has 2 N–H and O–H groups in total. The van der Waals surface area contributed by atoms with E-state index in [-0.39, 0.29) is 11.5 Å². The molecule has 0 heterocycles. The molecular formula is C20H29N3O3. The predicted molar refractivity (Wildman–Crippen MR) is 102 cm³/mol. The van der Waals surface area contributed by atoms with E-state index >= 15 is 0 Å². The van der Waals surface area contributed by atoms with Crippen molar-refractivity contribution in [3.8, 4) is 11.8 Å². The molecule has 0 atom stereocenters. The van der Waals surface area contributed by atoms with Gasteiger partial charge in [-0.15, -0.1) is 0 Å². The van der Waals surface area contributed by atoms with Gasteiger partial charge in [-0.25, -0.2) is 0 Å². The summed E-state index contributed by atoms with van der Waals surface area (Å²) >= 11 is 0. The van der Waals surface area contributed by atoms with Gasteiger partial charge >= 0.3 is 0 Å². The van der Waals surface area contributed by atoms with Gasteiger partial charge in [-0.2, -0.15) is 5.26 Å². The van der Waals surface area contributed by atoms with E-state index in [0.717, 1.165) is 43.6 Å². The van der Waals surface area contributed by atoms with E-state index in [2.05, 4.69) is 17.6 Å². The lowest BCUT2D eigenvalue weighted by atomic mass is 10.1. The average Bonchev–Trinajstić information content (AvgIpc) is 2.67. The fraction of sp³-hybridized carbons (Fsp3) is 0.500. The molecule has 142 valence electrons. The van der Waals surface area contributed by atoms with Gasteiger partial charge in [-0.1, -0.05) is 31.5 Å². The van der Waals surface area contributed by atoms with Gasteiger partial charge in [-0.05, 0) is 30.9 Å². The monoisotopic (exact) mass is 359 g/mol. The number of nitriles is 1. The molecule has 0 bridgehead atoms. The second-order valence-electron chi connectivity index (χ2n) is 5.76. The van der Waals surface area contributed by atoms with Crippen molar-refractivity contribution in [2.75, 3.05) is 33.4 Å². The third kappa shape index (κ3) is 8.54. The number of hydrogen-bond acceptors (Lipinski definition) is 5. The number of para-hydroxylation sites is 1. The number of nitrogens with one attached hydrogen (secondary N) is 2. The molecular weight excluding hydrogens is 330 g/mol. The number of carbonyl (C=O) groups excluding carboxylic acids is 1. The first-order valence-corrected chi connectivity index (χ1v) is 9.04. The maximum Gasteiger partial charge on any atom is 0.263 e. The first-order valence-electron chi connectivity index (χ1n) is 9.04. The van der Waals surface area contributed by atoms with Crippen LogP contribution in [0.4, 0.5) is 0 Å². The molecule has 1 amide bonds. The lowest BCUT2D eigenvalue weighted by Gasteiger charge is -2.08. The molecule has 0 saturated heterocycles. The zero-order valence-corrected chi connectivity index (χ0v) is 15.7. The van der Waals surface area contributed by atoms with E-state index in [4.69, 9.17) is 14.7 Å². The maximum atomic E-state index is 12.0. The molecule has 0 fully saturated rings. The highest BCUT2D eigenvalue weighted by atomic mass is 16.5. The fourth-order valence-corrected chi connectivity index (χ4v) is 2.26. The van der Waals surface area contributed by atoms with E-state index in [9.17, 15) is 4.79 Å². The van der Waals surface area contributed by atoms with Crippen molar-refractivity contribution < 1.29 is 14.3 Å². The molecule has 0 aliphatic carbocycles. The smallest absolute Gasteiger partial charge is 0.263 e. The molecule has 0 unspecified atom stereocenters. The van der Waals surface area contributed by atoms with Crippen molar-refractivity contribution in [1.29, 1.82) is 5.26 Å². The highest BCUT2D eigenvalue weighted by Crippen LogP contribution is 2.17. The minimum atomic E-state index is -0.370. The van der Waals surface area contributed by atoms with Gasteiger partial charge < -0.3 is 20.1 Å². The zero-order valence-electron chi connectivity index (χ0n) is 15.7. The molecule has 0 aliphatic rings. The number of amides is 1. The topological polar surface area (TPSA) is 83.4 Å². The number of methoxy groups -OCH3 is 1. The highest BCUT2D eigenvalue weighted by molar-refractivity contribution is 5.97. The molecule has 0 radical (unpaired) electrons. The Kier molecular flexibility index (Phi) is 11.4. The summed E-state index contributed by atoms with van der Waals surface area (Å²) < 4.78 is 10.7. The van der Waals surface area contributed by atoms with Crippen molar-refractivity contribution in [1.82, 2.24) is 10.6 Å². The second-order valence-corrected chi connectivity index (χ2v) is 5.76. The quantitative estimate of drug-likeness (QED) is 0.321. The summed E-state index contributed by atoms with van der Waals surface area (Å²) in [6.07, 6.45) is 5.08. The van der Waals surface area contributed by atoms with E-state index in [1.54, 1.807) is 7.11 Å². The average molecular weight is 359 g/mol. The van der Waals surface area contributed by atoms with E-state index in [1.165, 1.54) is 6.20 Å². The van der Waals surface area contributed by atoms with Crippen LogP contribution in [-0.2, 0) is 16.0 Å². The van der Waals surface area contributed by atoms with Crippen LogP contribution in [0.5, 0.6) is 5.75 Å². The Morgan fingerprint density at radius 2 is 2.00 bits per heavy atom. The third-order valence-corrected chi connectivity index (χ3v) is 3.74. The number of nitrogens with zero attached hydrogens (tertiary/aromatic N) is 1. The predicted octanol–water partition coefficient (Wildman–Crippen LogP) is 2.56. The maximum absolute atomic E-state index is 12.0. The Balaban J connectivity index is 2.29. The van der Waals surface area contributed by atoms with Gasteiger partial charge in [0.05, 0.1) is 7.11 Å². The molecule has 6 heteroatoms. The summed E-state index contributed by atoms with van der Waals surface area (Å²) in [7, 11) is 1.64. The number of benzene rings is 1. The minimum absolute atomic E-state index is 0.0666. The first kappa shape index (κ1) is 21.5. The summed E-state index contributed by atoms with van der Waals surface area (Å²) in [6.45, 7) is 4.58. The Morgan fingerprint density at radius 3 is 2.73 bits per heavy atom. The molecule has 0 aromatic heterocycles. The summed E-state index contributed by atoms with van der Waals surface area (Å²) in [5.41, 5.74) is 1.14. The molecule has 1 aromatic carbocycles. The summed E-state index contributed by atoms with van der Waals surface area (Å²) in [5.74, 6) is 0.462. The van der Waals surface area contributed by atoms with E-state index in [1.807, 2.05) is 30.3 Å². The van der Waals surface area contributed by atoms with Gasteiger partial charge in [0.15, 0.2) is 0 Å². The van der Waals surface area contributed by atoms with Crippen LogP contribution >= 0.6 is 0 Å². The van der Waals surface area contributed by atoms with Crippen LogP contribution < -0.4 is 15.4 Å². The van der Waals surface area contributed by atoms with Gasteiger partial charge in [0.1, 0.15) is 17.4 Å². The molecule has 0 spiro atoms. The Labute approximate surface area is 156 Å². The summed E-state index contributed by atoms with van der Waals surface area (Å²) in [6, 6.07) is 9.69. The van der Waals surface area contributed by atoms with Crippen molar-refractivity contribution in [3.05, 3.63) is 41.6 Å². The largest absolute Gasteiger partial charge is 0.496 e. The Hall–Kier alpha value is -2.52. The van der Waals surface area contributed by atoms with Crippen LogP contribution in [-0.4, -0.2) is 39.3 Å². The van der Waals surface area contributed by atoms with Crippen molar-refractivity contribution in [3.63, 3.8) is 0 Å². The van der Waals surface area contributed by atoms with Gasteiger partial charge in [-0.3, -0.25) is 4.79 Å². The van der Waals surface area contributed by atoms with Gasteiger partial charge in [0.2, 0.25) is 0 Å². The standard InChI is InChI=1S/C20H29N3O3/c1-3-4-13-26-14-7-11-23-20(24)18(15-21)16-22-12-10-17-8-5-6-9-19(17)25-2/h5-6,8-9,16,22H,3-4,7,10-14H2,1-2H3,(H,23,24)/b18-16-. The Bertz CT molecular complexity index is 609. The summed E-state index contributed by atoms with van der Waals surface area (Å²) in [5, 5.41) is 14.9. The van der Waals surface area contributed by atoms with Gasteiger partial charge in [0, 0.05) is 32.5 Å². The summed E-state index contributed by atoms with van der Waals surface area (Å²) in [4.78, 5) is 12.0. The van der Waals surface area contributed by atoms with Gasteiger partial charge in [0.25, 0.3) is 5.91 Å². The first-order chi connectivity index (χ1) is 12.7. The lowest BCUT2D eigenvalue weighted by molar-refractivity contribution is -0.117. The molecule has 1 rings (SSSR count). The lowest BCUT2D eigenvalue weighted by Crippen LogP contribution is -2.27. The van der Waals surface area contributed by atoms with E-state index < -0.39 is 0 Å². The number of ether oxygens (including phenoxy) is 2. The fourth-order valence-electron chi connectivity index (χ4n) is 2.26.